The van der Waals surface area contributed by atoms with E-state index in [2.05, 4.69) is 12.2 Å². The second-order valence-electron chi connectivity index (χ2n) is 4.51. The molecule has 0 aliphatic heterocycles. The summed E-state index contributed by atoms with van der Waals surface area (Å²) in [5.41, 5.74) is 0. The highest BCUT2D eigenvalue weighted by Gasteiger charge is 2.07. The molecule has 1 N–H and O–H groups in total. The van der Waals surface area contributed by atoms with Gasteiger partial charge in [0.25, 0.3) is 0 Å². The third kappa shape index (κ3) is 6.59. The third-order valence-corrected chi connectivity index (χ3v) is 3.86. The zero-order chi connectivity index (χ0) is 14.1. The Hall–Kier alpha value is -1.07. The van der Waals surface area contributed by atoms with Crippen LogP contribution < -0.4 is 10.1 Å². The summed E-state index contributed by atoms with van der Waals surface area (Å²) in [6.45, 7) is 4.77. The smallest absolute Gasteiger partial charge is 0.175 e. The Morgan fingerprint density at radius 2 is 2.00 bits per heavy atom. The van der Waals surface area contributed by atoms with E-state index in [4.69, 9.17) is 4.74 Å². The van der Waals surface area contributed by atoms with Gasteiger partial charge < -0.3 is 10.1 Å². The van der Waals surface area contributed by atoms with Crippen molar-refractivity contribution in [3.05, 3.63) is 24.3 Å². The average molecular weight is 285 g/mol. The highest BCUT2D eigenvalue weighted by molar-refractivity contribution is 7.90. The molecule has 108 valence electrons. The van der Waals surface area contributed by atoms with E-state index < -0.39 is 9.84 Å². The molecule has 0 fully saturated rings. The summed E-state index contributed by atoms with van der Waals surface area (Å²) in [6.07, 6.45) is 4.43. The van der Waals surface area contributed by atoms with Gasteiger partial charge in [-0.1, -0.05) is 13.0 Å². The van der Waals surface area contributed by atoms with Crippen molar-refractivity contribution in [3.63, 3.8) is 0 Å². The molecular formula is C14H23NO3S. The topological polar surface area (TPSA) is 55.4 Å². The van der Waals surface area contributed by atoms with Gasteiger partial charge >= 0.3 is 0 Å². The largest absolute Gasteiger partial charge is 0.494 e. The van der Waals surface area contributed by atoms with E-state index in [1.807, 2.05) is 0 Å². The van der Waals surface area contributed by atoms with E-state index in [1.54, 1.807) is 24.3 Å². The van der Waals surface area contributed by atoms with Crippen LogP contribution in [0.1, 0.15) is 26.2 Å². The lowest BCUT2D eigenvalue weighted by molar-refractivity contribution is 0.304. The Morgan fingerprint density at radius 1 is 1.21 bits per heavy atom. The van der Waals surface area contributed by atoms with Crippen LogP contribution in [0.2, 0.25) is 0 Å². The van der Waals surface area contributed by atoms with E-state index >= 15 is 0 Å². The predicted molar refractivity (Wildman–Crippen MR) is 77.4 cm³/mol. The number of benzene rings is 1. The standard InChI is InChI=1S/C14H23NO3S/c1-3-15-10-5-4-6-11-18-13-8-7-9-14(12-13)19(2,16)17/h7-9,12,15H,3-6,10-11H2,1-2H3. The maximum atomic E-state index is 11.4. The van der Waals surface area contributed by atoms with Gasteiger partial charge in [-0.15, -0.1) is 0 Å². The highest BCUT2D eigenvalue weighted by Crippen LogP contribution is 2.17. The van der Waals surface area contributed by atoms with Crippen LogP contribution in [0.3, 0.4) is 0 Å². The minimum Gasteiger partial charge on any atom is -0.494 e. The number of nitrogens with one attached hydrogen (secondary N) is 1. The Bertz CT molecular complexity index is 471. The van der Waals surface area contributed by atoms with Crippen LogP contribution in [0.4, 0.5) is 0 Å². The van der Waals surface area contributed by atoms with Crippen molar-refractivity contribution in [1.82, 2.24) is 5.32 Å². The molecule has 1 rings (SSSR count). The van der Waals surface area contributed by atoms with Gasteiger partial charge in [-0.25, -0.2) is 8.42 Å². The third-order valence-electron chi connectivity index (χ3n) is 2.75. The molecule has 1 aromatic carbocycles. The Balaban J connectivity index is 2.30. The van der Waals surface area contributed by atoms with E-state index in [-0.39, 0.29) is 0 Å². The zero-order valence-corrected chi connectivity index (χ0v) is 12.5. The van der Waals surface area contributed by atoms with Crippen LogP contribution in [0, 0.1) is 0 Å². The van der Waals surface area contributed by atoms with E-state index in [9.17, 15) is 8.42 Å². The van der Waals surface area contributed by atoms with Crippen molar-refractivity contribution < 1.29 is 13.2 Å². The molecule has 0 atom stereocenters. The molecule has 1 aromatic rings. The van der Waals surface area contributed by atoms with Gasteiger partial charge in [0.1, 0.15) is 5.75 Å². The number of unbranched alkanes of at least 4 members (excludes halogenated alkanes) is 2. The fraction of sp³-hybridized carbons (Fsp3) is 0.571. The molecule has 0 unspecified atom stereocenters. The van der Waals surface area contributed by atoms with Crippen LogP contribution in [-0.4, -0.2) is 34.4 Å². The van der Waals surface area contributed by atoms with Gasteiger partial charge in [0.15, 0.2) is 9.84 Å². The molecule has 0 amide bonds. The quantitative estimate of drug-likeness (QED) is 0.707. The Kier molecular flexibility index (Phi) is 6.87. The van der Waals surface area contributed by atoms with Crippen molar-refractivity contribution >= 4 is 9.84 Å². The van der Waals surface area contributed by atoms with E-state index in [0.717, 1.165) is 32.4 Å². The fourth-order valence-electron chi connectivity index (χ4n) is 1.69. The van der Waals surface area contributed by atoms with Crippen LogP contribution in [-0.2, 0) is 9.84 Å². The molecule has 0 aromatic heterocycles. The highest BCUT2D eigenvalue weighted by atomic mass is 32.2. The molecule has 0 aliphatic carbocycles. The average Bonchev–Trinajstić information content (AvgIpc) is 2.37. The monoisotopic (exact) mass is 285 g/mol. The number of hydrogen-bond acceptors (Lipinski definition) is 4. The van der Waals surface area contributed by atoms with Gasteiger partial charge in [0.05, 0.1) is 11.5 Å². The van der Waals surface area contributed by atoms with Gasteiger partial charge in [0, 0.05) is 6.26 Å². The summed E-state index contributed by atoms with van der Waals surface area (Å²) in [5.74, 6) is 0.620. The lowest BCUT2D eigenvalue weighted by Gasteiger charge is -2.07. The summed E-state index contributed by atoms with van der Waals surface area (Å²) in [7, 11) is -3.16. The van der Waals surface area contributed by atoms with Crippen molar-refractivity contribution in [2.75, 3.05) is 26.0 Å². The van der Waals surface area contributed by atoms with Crippen molar-refractivity contribution in [1.29, 1.82) is 0 Å². The number of sulfone groups is 1. The molecule has 0 saturated heterocycles. The van der Waals surface area contributed by atoms with E-state index in [1.165, 1.54) is 6.26 Å². The minimum absolute atomic E-state index is 0.303. The SMILES string of the molecule is CCNCCCCCOc1cccc(S(C)(=O)=O)c1. The first-order valence-corrected chi connectivity index (χ1v) is 8.57. The predicted octanol–water partition coefficient (Wildman–Crippen LogP) is 2.25. The molecular weight excluding hydrogens is 262 g/mol. The van der Waals surface area contributed by atoms with Crippen LogP contribution in [0.5, 0.6) is 5.75 Å². The molecule has 0 aliphatic rings. The summed E-state index contributed by atoms with van der Waals surface area (Å²) in [4.78, 5) is 0.303. The van der Waals surface area contributed by atoms with Crippen molar-refractivity contribution in [2.24, 2.45) is 0 Å². The minimum atomic E-state index is -3.16. The summed E-state index contributed by atoms with van der Waals surface area (Å²) in [6, 6.07) is 6.65. The van der Waals surface area contributed by atoms with Crippen LogP contribution >= 0.6 is 0 Å². The Morgan fingerprint density at radius 3 is 2.68 bits per heavy atom. The first-order chi connectivity index (χ1) is 9.04. The van der Waals surface area contributed by atoms with Gasteiger partial charge in [-0.2, -0.15) is 0 Å². The first-order valence-electron chi connectivity index (χ1n) is 6.67. The second-order valence-corrected chi connectivity index (χ2v) is 6.53. The molecule has 0 bridgehead atoms. The van der Waals surface area contributed by atoms with Crippen LogP contribution in [0.15, 0.2) is 29.2 Å². The Labute approximate surface area is 116 Å². The zero-order valence-electron chi connectivity index (χ0n) is 11.7. The number of rotatable bonds is 9. The van der Waals surface area contributed by atoms with Gasteiger partial charge in [-0.3, -0.25) is 0 Å². The maximum Gasteiger partial charge on any atom is 0.175 e. The maximum absolute atomic E-state index is 11.4. The molecule has 0 saturated carbocycles. The summed E-state index contributed by atoms with van der Waals surface area (Å²) in [5, 5.41) is 3.27. The molecule has 0 heterocycles. The van der Waals surface area contributed by atoms with Gasteiger partial charge in [-0.05, 0) is 50.6 Å². The van der Waals surface area contributed by atoms with Crippen molar-refractivity contribution in [2.45, 2.75) is 31.1 Å². The summed E-state index contributed by atoms with van der Waals surface area (Å²) < 4.78 is 28.4. The van der Waals surface area contributed by atoms with Gasteiger partial charge in [0.2, 0.25) is 0 Å². The molecule has 0 radical (unpaired) electrons. The molecule has 19 heavy (non-hydrogen) atoms. The first kappa shape index (κ1) is 16.0. The fourth-order valence-corrected chi connectivity index (χ4v) is 2.35. The molecule has 0 spiro atoms. The lowest BCUT2D eigenvalue weighted by atomic mass is 10.2. The molecule has 5 heteroatoms. The summed E-state index contributed by atoms with van der Waals surface area (Å²) >= 11 is 0. The molecule has 4 nitrogen and oxygen atoms in total. The van der Waals surface area contributed by atoms with E-state index in [0.29, 0.717) is 17.3 Å². The van der Waals surface area contributed by atoms with Crippen LogP contribution in [0.25, 0.3) is 0 Å². The second kappa shape index (κ2) is 8.17. The number of ether oxygens (including phenoxy) is 1. The normalized spacial score (nSPS) is 11.5. The lowest BCUT2D eigenvalue weighted by Crippen LogP contribution is -2.14. The number of hydrogen-bond donors (Lipinski definition) is 1. The van der Waals surface area contributed by atoms with Crippen molar-refractivity contribution in [3.8, 4) is 5.75 Å².